The molecule has 0 spiro atoms. The zero-order valence-electron chi connectivity index (χ0n) is 11.0. The van der Waals surface area contributed by atoms with Gasteiger partial charge in [0.2, 0.25) is 0 Å². The van der Waals surface area contributed by atoms with E-state index in [1.54, 1.807) is 6.92 Å². The third-order valence-electron chi connectivity index (χ3n) is 2.97. The van der Waals surface area contributed by atoms with Gasteiger partial charge in [0, 0.05) is 12.0 Å². The monoisotopic (exact) mass is 293 g/mol. The quantitative estimate of drug-likeness (QED) is 0.686. The fourth-order valence-electron chi connectivity index (χ4n) is 1.86. The highest BCUT2D eigenvalue weighted by Crippen LogP contribution is 2.34. The standard InChI is InChI=1S/C13H15F4NO2/c1-7(18)9(6-12(19)20-2)8-3-4-11(14)10(5-8)13(15,16)17/h3-5,7,9H,6,18H2,1-2H3. The highest BCUT2D eigenvalue weighted by atomic mass is 19.4. The van der Waals surface area contributed by atoms with Gasteiger partial charge in [0.1, 0.15) is 5.82 Å². The van der Waals surface area contributed by atoms with E-state index < -0.39 is 35.5 Å². The van der Waals surface area contributed by atoms with Gasteiger partial charge in [0.05, 0.1) is 19.1 Å². The van der Waals surface area contributed by atoms with Crippen LogP contribution in [0.4, 0.5) is 17.6 Å². The molecule has 3 nitrogen and oxygen atoms in total. The van der Waals surface area contributed by atoms with Crippen molar-refractivity contribution in [1.82, 2.24) is 0 Å². The van der Waals surface area contributed by atoms with Crippen molar-refractivity contribution in [2.45, 2.75) is 31.5 Å². The number of benzene rings is 1. The number of nitrogens with two attached hydrogens (primary N) is 1. The van der Waals surface area contributed by atoms with E-state index in [2.05, 4.69) is 4.74 Å². The molecule has 0 radical (unpaired) electrons. The summed E-state index contributed by atoms with van der Waals surface area (Å²) >= 11 is 0. The highest BCUT2D eigenvalue weighted by molar-refractivity contribution is 5.70. The summed E-state index contributed by atoms with van der Waals surface area (Å²) in [6, 6.07) is 2.03. The molecule has 1 aromatic carbocycles. The average molecular weight is 293 g/mol. The van der Waals surface area contributed by atoms with E-state index in [1.165, 1.54) is 13.2 Å². The van der Waals surface area contributed by atoms with Gasteiger partial charge < -0.3 is 10.5 Å². The molecule has 0 aliphatic rings. The Kier molecular flexibility index (Phi) is 5.10. The molecule has 0 aromatic heterocycles. The van der Waals surface area contributed by atoms with Crippen LogP contribution in [0.2, 0.25) is 0 Å². The lowest BCUT2D eigenvalue weighted by molar-refractivity contribution is -0.141. The predicted molar refractivity (Wildman–Crippen MR) is 64.4 cm³/mol. The molecular weight excluding hydrogens is 278 g/mol. The molecule has 0 fully saturated rings. The number of hydrogen-bond donors (Lipinski definition) is 1. The molecule has 0 amide bonds. The van der Waals surface area contributed by atoms with Gasteiger partial charge in [-0.2, -0.15) is 13.2 Å². The molecule has 0 aliphatic carbocycles. The van der Waals surface area contributed by atoms with E-state index in [9.17, 15) is 22.4 Å². The summed E-state index contributed by atoms with van der Waals surface area (Å²) in [5.41, 5.74) is 4.47. The largest absolute Gasteiger partial charge is 0.469 e. The number of methoxy groups -OCH3 is 1. The van der Waals surface area contributed by atoms with E-state index in [0.717, 1.165) is 6.07 Å². The fourth-order valence-corrected chi connectivity index (χ4v) is 1.86. The Hall–Kier alpha value is -1.63. The van der Waals surface area contributed by atoms with Crippen LogP contribution in [0.25, 0.3) is 0 Å². The Labute approximate surface area is 113 Å². The first-order chi connectivity index (χ1) is 9.16. The minimum atomic E-state index is -4.80. The summed E-state index contributed by atoms with van der Waals surface area (Å²) in [5.74, 6) is -2.63. The van der Waals surface area contributed by atoms with Crippen LogP contribution in [0.3, 0.4) is 0 Å². The van der Waals surface area contributed by atoms with Gasteiger partial charge in [-0.1, -0.05) is 6.07 Å². The Morgan fingerprint density at radius 2 is 2.00 bits per heavy atom. The van der Waals surface area contributed by atoms with E-state index >= 15 is 0 Å². The van der Waals surface area contributed by atoms with E-state index in [1.807, 2.05) is 0 Å². The van der Waals surface area contributed by atoms with Crippen LogP contribution in [0, 0.1) is 5.82 Å². The average Bonchev–Trinajstić information content (AvgIpc) is 2.34. The molecule has 1 rings (SSSR count). The molecule has 7 heteroatoms. The summed E-state index contributed by atoms with van der Waals surface area (Å²) in [6.45, 7) is 1.56. The van der Waals surface area contributed by atoms with Crippen molar-refractivity contribution in [3.8, 4) is 0 Å². The smallest absolute Gasteiger partial charge is 0.419 e. The normalized spacial score (nSPS) is 14.8. The van der Waals surface area contributed by atoms with Crippen LogP contribution in [-0.2, 0) is 15.7 Å². The van der Waals surface area contributed by atoms with Crippen LogP contribution in [-0.4, -0.2) is 19.1 Å². The van der Waals surface area contributed by atoms with Gasteiger partial charge in [0.25, 0.3) is 0 Å². The fraction of sp³-hybridized carbons (Fsp3) is 0.462. The predicted octanol–water partition coefficient (Wildman–Crippen LogP) is 2.84. The van der Waals surface area contributed by atoms with Gasteiger partial charge in [-0.25, -0.2) is 4.39 Å². The number of alkyl halides is 3. The van der Waals surface area contributed by atoms with Crippen molar-refractivity contribution in [2.24, 2.45) is 5.73 Å². The Bertz CT molecular complexity index is 486. The van der Waals surface area contributed by atoms with Crippen LogP contribution in [0.5, 0.6) is 0 Å². The molecule has 0 bridgehead atoms. The number of ether oxygens (including phenoxy) is 1. The van der Waals surface area contributed by atoms with Gasteiger partial charge in [-0.05, 0) is 24.6 Å². The molecule has 0 aliphatic heterocycles. The third-order valence-corrected chi connectivity index (χ3v) is 2.97. The number of hydrogen-bond acceptors (Lipinski definition) is 3. The molecule has 0 heterocycles. The number of rotatable bonds is 4. The van der Waals surface area contributed by atoms with Crippen LogP contribution < -0.4 is 5.73 Å². The van der Waals surface area contributed by atoms with E-state index in [0.29, 0.717) is 6.07 Å². The van der Waals surface area contributed by atoms with Crippen molar-refractivity contribution in [3.05, 3.63) is 35.1 Å². The van der Waals surface area contributed by atoms with Crippen molar-refractivity contribution in [2.75, 3.05) is 7.11 Å². The first kappa shape index (κ1) is 16.4. The summed E-state index contributed by atoms with van der Waals surface area (Å²) in [6.07, 6.45) is -4.97. The first-order valence-corrected chi connectivity index (χ1v) is 5.85. The first-order valence-electron chi connectivity index (χ1n) is 5.85. The molecule has 2 N–H and O–H groups in total. The van der Waals surface area contributed by atoms with E-state index in [4.69, 9.17) is 5.73 Å². The van der Waals surface area contributed by atoms with Crippen molar-refractivity contribution in [1.29, 1.82) is 0 Å². The second kappa shape index (κ2) is 6.21. The molecule has 1 aromatic rings. The molecule has 20 heavy (non-hydrogen) atoms. The zero-order chi connectivity index (χ0) is 15.5. The van der Waals surface area contributed by atoms with Gasteiger partial charge in [0.15, 0.2) is 0 Å². The maximum absolute atomic E-state index is 13.2. The van der Waals surface area contributed by atoms with Crippen molar-refractivity contribution in [3.63, 3.8) is 0 Å². The van der Waals surface area contributed by atoms with Gasteiger partial charge in [-0.3, -0.25) is 4.79 Å². The summed E-state index contributed by atoms with van der Waals surface area (Å²) in [5, 5.41) is 0. The lowest BCUT2D eigenvalue weighted by Gasteiger charge is -2.21. The number of halogens is 4. The molecule has 2 unspecified atom stereocenters. The summed E-state index contributed by atoms with van der Waals surface area (Å²) < 4.78 is 55.7. The summed E-state index contributed by atoms with van der Waals surface area (Å²) in [7, 11) is 1.17. The summed E-state index contributed by atoms with van der Waals surface area (Å²) in [4.78, 5) is 11.3. The number of carbonyl (C=O) groups is 1. The maximum Gasteiger partial charge on any atom is 0.419 e. The molecule has 2 atom stereocenters. The Morgan fingerprint density at radius 1 is 1.40 bits per heavy atom. The Balaban J connectivity index is 3.18. The lowest BCUT2D eigenvalue weighted by Crippen LogP contribution is -2.27. The third kappa shape index (κ3) is 3.93. The second-order valence-corrected chi connectivity index (χ2v) is 4.48. The molecular formula is C13H15F4NO2. The minimum Gasteiger partial charge on any atom is -0.469 e. The molecule has 112 valence electrons. The van der Waals surface area contributed by atoms with Crippen molar-refractivity contribution < 1.29 is 27.1 Å². The van der Waals surface area contributed by atoms with Crippen LogP contribution in [0.1, 0.15) is 30.4 Å². The SMILES string of the molecule is COC(=O)CC(c1ccc(F)c(C(F)(F)F)c1)C(C)N. The van der Waals surface area contributed by atoms with Gasteiger partial charge >= 0.3 is 12.1 Å². The highest BCUT2D eigenvalue weighted by Gasteiger charge is 2.35. The minimum absolute atomic E-state index is 0.152. The zero-order valence-corrected chi connectivity index (χ0v) is 11.0. The van der Waals surface area contributed by atoms with Crippen LogP contribution in [0.15, 0.2) is 18.2 Å². The van der Waals surface area contributed by atoms with Gasteiger partial charge in [-0.15, -0.1) is 0 Å². The number of carbonyl (C=O) groups excluding carboxylic acids is 1. The molecule has 0 saturated carbocycles. The second-order valence-electron chi connectivity index (χ2n) is 4.48. The van der Waals surface area contributed by atoms with Crippen LogP contribution >= 0.6 is 0 Å². The molecule has 0 saturated heterocycles. The van der Waals surface area contributed by atoms with E-state index in [-0.39, 0.29) is 12.0 Å². The topological polar surface area (TPSA) is 52.3 Å². The Morgan fingerprint density at radius 3 is 2.45 bits per heavy atom. The lowest BCUT2D eigenvalue weighted by atomic mass is 9.89. The number of esters is 1. The van der Waals surface area contributed by atoms with Crippen molar-refractivity contribution >= 4 is 5.97 Å². The maximum atomic E-state index is 13.2.